The van der Waals surface area contributed by atoms with Gasteiger partial charge in [0.2, 0.25) is 0 Å². The number of halogens is 1. The van der Waals surface area contributed by atoms with Crippen LogP contribution in [0.2, 0.25) is 5.02 Å². The topological polar surface area (TPSA) is 49.3 Å². The molecule has 1 aromatic carbocycles. The van der Waals surface area contributed by atoms with E-state index in [1.54, 1.807) is 6.92 Å². The Hall–Kier alpha value is -1.66. The van der Waals surface area contributed by atoms with Crippen LogP contribution >= 0.6 is 11.6 Å². The van der Waals surface area contributed by atoms with E-state index in [1.165, 1.54) is 18.2 Å². The Bertz CT molecular complexity index is 432. The molecule has 1 amide bonds. The lowest BCUT2D eigenvalue weighted by molar-refractivity contribution is 0.0958. The minimum Gasteiger partial charge on any atom is -0.508 e. The van der Waals surface area contributed by atoms with Crippen molar-refractivity contribution in [1.29, 1.82) is 0 Å². The highest BCUT2D eigenvalue weighted by molar-refractivity contribution is 6.33. The number of hydrogen-bond donors (Lipinski definition) is 2. The molecule has 0 unspecified atom stereocenters. The summed E-state index contributed by atoms with van der Waals surface area (Å²) in [5, 5.41) is 12.1. The number of rotatable bonds is 2. The first-order valence-corrected chi connectivity index (χ1v) is 4.69. The normalized spacial score (nSPS) is 8.93. The molecule has 0 fully saturated rings. The van der Waals surface area contributed by atoms with Gasteiger partial charge in [0.1, 0.15) is 5.75 Å². The highest BCUT2D eigenvalue weighted by atomic mass is 35.5. The monoisotopic (exact) mass is 223 g/mol. The Morgan fingerprint density at radius 1 is 1.60 bits per heavy atom. The largest absolute Gasteiger partial charge is 0.508 e. The summed E-state index contributed by atoms with van der Waals surface area (Å²) in [6.07, 6.45) is 0. The number of phenolic OH excluding ortho intramolecular Hbond substituents is 1. The van der Waals surface area contributed by atoms with Crippen molar-refractivity contribution in [2.24, 2.45) is 0 Å². The third-order valence-corrected chi connectivity index (χ3v) is 2.04. The Morgan fingerprint density at radius 3 is 3.00 bits per heavy atom. The van der Waals surface area contributed by atoms with Crippen molar-refractivity contribution in [2.45, 2.75) is 6.92 Å². The van der Waals surface area contributed by atoms with Crippen molar-refractivity contribution < 1.29 is 9.90 Å². The molecule has 4 heteroatoms. The molecule has 0 bridgehead atoms. The second-order valence-electron chi connectivity index (χ2n) is 2.77. The molecule has 15 heavy (non-hydrogen) atoms. The van der Waals surface area contributed by atoms with Gasteiger partial charge in [-0.2, -0.15) is 0 Å². The van der Waals surface area contributed by atoms with Gasteiger partial charge in [0, 0.05) is 0 Å². The summed E-state index contributed by atoms with van der Waals surface area (Å²) in [5.41, 5.74) is 0.245. The average Bonchev–Trinajstić information content (AvgIpc) is 2.22. The highest BCUT2D eigenvalue weighted by Gasteiger charge is 2.09. The zero-order valence-corrected chi connectivity index (χ0v) is 8.93. The van der Waals surface area contributed by atoms with E-state index in [9.17, 15) is 9.90 Å². The first-order valence-electron chi connectivity index (χ1n) is 4.31. The minimum atomic E-state index is -0.348. The fourth-order valence-corrected chi connectivity index (χ4v) is 1.20. The molecule has 0 atom stereocenters. The average molecular weight is 224 g/mol. The van der Waals surface area contributed by atoms with Gasteiger partial charge < -0.3 is 10.4 Å². The number of aromatic hydroxyl groups is 1. The van der Waals surface area contributed by atoms with Gasteiger partial charge in [0.25, 0.3) is 5.91 Å². The molecular weight excluding hydrogens is 214 g/mol. The smallest absolute Gasteiger partial charge is 0.253 e. The van der Waals surface area contributed by atoms with Gasteiger partial charge in [0.05, 0.1) is 17.1 Å². The fraction of sp³-hybridized carbons (Fsp3) is 0.182. The maximum Gasteiger partial charge on any atom is 0.253 e. The molecule has 0 aliphatic heterocycles. The molecule has 0 saturated heterocycles. The molecular formula is C11H10ClNO2. The highest BCUT2D eigenvalue weighted by Crippen LogP contribution is 2.20. The predicted octanol–water partition coefficient (Wildman–Crippen LogP) is 1.80. The molecule has 0 heterocycles. The quantitative estimate of drug-likeness (QED) is 0.752. The first kappa shape index (κ1) is 11.4. The van der Waals surface area contributed by atoms with E-state index in [0.29, 0.717) is 5.02 Å². The summed E-state index contributed by atoms with van der Waals surface area (Å²) in [7, 11) is 0. The number of nitrogens with one attached hydrogen (secondary N) is 1. The van der Waals surface area contributed by atoms with Crippen LogP contribution < -0.4 is 5.32 Å². The summed E-state index contributed by atoms with van der Waals surface area (Å²) in [4.78, 5) is 11.5. The van der Waals surface area contributed by atoms with Crippen LogP contribution in [-0.4, -0.2) is 17.6 Å². The lowest BCUT2D eigenvalue weighted by Gasteiger charge is -2.04. The number of benzene rings is 1. The summed E-state index contributed by atoms with van der Waals surface area (Å²) < 4.78 is 0. The zero-order valence-electron chi connectivity index (χ0n) is 8.17. The van der Waals surface area contributed by atoms with E-state index in [-0.39, 0.29) is 23.8 Å². The molecule has 0 radical (unpaired) electrons. The van der Waals surface area contributed by atoms with E-state index < -0.39 is 0 Å². The number of amides is 1. The van der Waals surface area contributed by atoms with Crippen LogP contribution in [0.4, 0.5) is 0 Å². The summed E-state index contributed by atoms with van der Waals surface area (Å²) in [6.45, 7) is 1.95. The van der Waals surface area contributed by atoms with Crippen LogP contribution in [0.3, 0.4) is 0 Å². The molecule has 0 spiro atoms. The fourth-order valence-electron chi connectivity index (χ4n) is 0.995. The van der Waals surface area contributed by atoms with Gasteiger partial charge in [0.15, 0.2) is 0 Å². The molecule has 1 rings (SSSR count). The van der Waals surface area contributed by atoms with Gasteiger partial charge in [-0.05, 0) is 25.1 Å². The van der Waals surface area contributed by atoms with E-state index in [4.69, 9.17) is 11.6 Å². The van der Waals surface area contributed by atoms with Crippen LogP contribution in [-0.2, 0) is 0 Å². The van der Waals surface area contributed by atoms with Crippen molar-refractivity contribution in [3.05, 3.63) is 28.8 Å². The number of hydrogen-bond acceptors (Lipinski definition) is 2. The van der Waals surface area contributed by atoms with Crippen molar-refractivity contribution in [2.75, 3.05) is 6.54 Å². The second-order valence-corrected chi connectivity index (χ2v) is 3.18. The molecule has 3 nitrogen and oxygen atoms in total. The maximum atomic E-state index is 11.5. The van der Waals surface area contributed by atoms with Gasteiger partial charge in [-0.25, -0.2) is 0 Å². The van der Waals surface area contributed by atoms with Crippen molar-refractivity contribution in [3.63, 3.8) is 0 Å². The van der Waals surface area contributed by atoms with Crippen molar-refractivity contribution in [1.82, 2.24) is 5.32 Å². The molecule has 1 aromatic rings. The summed E-state index contributed by atoms with van der Waals surface area (Å²) >= 11 is 5.80. The van der Waals surface area contributed by atoms with Crippen molar-refractivity contribution >= 4 is 17.5 Å². The van der Waals surface area contributed by atoms with Crippen molar-refractivity contribution in [3.8, 4) is 17.6 Å². The van der Waals surface area contributed by atoms with E-state index in [1.807, 2.05) is 0 Å². The van der Waals surface area contributed by atoms with Crippen LogP contribution in [0.15, 0.2) is 18.2 Å². The maximum absolute atomic E-state index is 11.5. The van der Waals surface area contributed by atoms with Gasteiger partial charge in [-0.1, -0.05) is 17.5 Å². The number of carbonyl (C=O) groups is 1. The Balaban J connectivity index is 2.80. The van der Waals surface area contributed by atoms with Crippen LogP contribution in [0.5, 0.6) is 5.75 Å². The van der Waals surface area contributed by atoms with Crippen LogP contribution in [0.25, 0.3) is 0 Å². The minimum absolute atomic E-state index is 0.00567. The van der Waals surface area contributed by atoms with Gasteiger partial charge in [-0.15, -0.1) is 5.92 Å². The van der Waals surface area contributed by atoms with Gasteiger partial charge >= 0.3 is 0 Å². The molecule has 0 aromatic heterocycles. The third-order valence-electron chi connectivity index (χ3n) is 1.71. The first-order chi connectivity index (χ1) is 7.15. The van der Waals surface area contributed by atoms with Crippen LogP contribution in [0.1, 0.15) is 17.3 Å². The lowest BCUT2D eigenvalue weighted by atomic mass is 10.2. The van der Waals surface area contributed by atoms with E-state index >= 15 is 0 Å². The lowest BCUT2D eigenvalue weighted by Crippen LogP contribution is -2.23. The molecule has 0 aliphatic carbocycles. The van der Waals surface area contributed by atoms with Gasteiger partial charge in [-0.3, -0.25) is 4.79 Å². The second kappa shape index (κ2) is 5.28. The Morgan fingerprint density at radius 2 is 2.33 bits per heavy atom. The van der Waals surface area contributed by atoms with Crippen LogP contribution in [0, 0.1) is 11.8 Å². The molecule has 78 valence electrons. The summed E-state index contributed by atoms with van der Waals surface area (Å²) in [6, 6.07) is 4.21. The molecule has 0 saturated carbocycles. The SMILES string of the molecule is CC#CCNC(=O)c1cc(O)ccc1Cl. The number of phenols is 1. The Kier molecular flexibility index (Phi) is 4.02. The van der Waals surface area contributed by atoms with E-state index in [0.717, 1.165) is 0 Å². The number of carbonyl (C=O) groups excluding carboxylic acids is 1. The third kappa shape index (κ3) is 3.19. The Labute approximate surface area is 93.1 Å². The van der Waals surface area contributed by atoms with E-state index in [2.05, 4.69) is 17.2 Å². The molecule has 2 N–H and O–H groups in total. The predicted molar refractivity (Wildman–Crippen MR) is 58.9 cm³/mol. The standard InChI is InChI=1S/C11H10ClNO2/c1-2-3-6-13-11(15)9-7-8(14)4-5-10(9)12/h4-5,7,14H,6H2,1H3,(H,13,15). The summed E-state index contributed by atoms with van der Waals surface area (Å²) in [5.74, 6) is 5.01. The zero-order chi connectivity index (χ0) is 11.3. The molecule has 0 aliphatic rings.